The topological polar surface area (TPSA) is 47.3 Å². The summed E-state index contributed by atoms with van der Waals surface area (Å²) in [5.74, 6) is 1.56. The van der Waals surface area contributed by atoms with Gasteiger partial charge in [0.25, 0.3) is 0 Å². The van der Waals surface area contributed by atoms with Crippen LogP contribution in [-0.4, -0.2) is 31.8 Å². The van der Waals surface area contributed by atoms with Crippen LogP contribution in [0, 0.1) is 11.8 Å². The zero-order chi connectivity index (χ0) is 13.4. The van der Waals surface area contributed by atoms with Crippen LogP contribution in [0.1, 0.15) is 52.9 Å². The van der Waals surface area contributed by atoms with Crippen LogP contribution < -0.4 is 11.1 Å². The molecule has 0 aliphatic heterocycles. The van der Waals surface area contributed by atoms with Crippen molar-refractivity contribution in [3.8, 4) is 0 Å². The van der Waals surface area contributed by atoms with Crippen LogP contribution in [0.25, 0.3) is 0 Å². The van der Waals surface area contributed by atoms with Crippen LogP contribution in [-0.2, 0) is 4.74 Å². The quantitative estimate of drug-likeness (QED) is 0.591. The average Bonchev–Trinajstić information content (AvgIpc) is 2.28. The summed E-state index contributed by atoms with van der Waals surface area (Å²) in [5.41, 5.74) is 5.66. The molecule has 3 heteroatoms. The Kier molecular flexibility index (Phi) is 7.87. The van der Waals surface area contributed by atoms with E-state index in [2.05, 4.69) is 26.1 Å². The van der Waals surface area contributed by atoms with Gasteiger partial charge in [-0.25, -0.2) is 0 Å². The zero-order valence-corrected chi connectivity index (χ0v) is 12.5. The molecule has 0 radical (unpaired) electrons. The first-order valence-electron chi connectivity index (χ1n) is 7.72. The van der Waals surface area contributed by atoms with E-state index >= 15 is 0 Å². The Bertz CT molecular complexity index is 203. The fourth-order valence-electron chi connectivity index (χ4n) is 2.80. The lowest BCUT2D eigenvalue weighted by atomic mass is 9.87. The minimum atomic E-state index is 0.521. The van der Waals surface area contributed by atoms with E-state index in [9.17, 15) is 0 Å². The summed E-state index contributed by atoms with van der Waals surface area (Å²) in [5, 5.41) is 3.63. The monoisotopic (exact) mass is 256 g/mol. The fourth-order valence-corrected chi connectivity index (χ4v) is 2.80. The van der Waals surface area contributed by atoms with Crippen LogP contribution in [0.15, 0.2) is 0 Å². The first-order valence-corrected chi connectivity index (χ1v) is 7.72. The first-order chi connectivity index (χ1) is 8.67. The van der Waals surface area contributed by atoms with Crippen molar-refractivity contribution in [2.45, 2.75) is 65.0 Å². The fraction of sp³-hybridized carbons (Fsp3) is 1.00. The summed E-state index contributed by atoms with van der Waals surface area (Å²) in [6.07, 6.45) is 6.68. The molecule has 1 atom stereocenters. The highest BCUT2D eigenvalue weighted by atomic mass is 16.5. The molecule has 108 valence electrons. The maximum atomic E-state index is 5.66. The molecule has 1 saturated carbocycles. The van der Waals surface area contributed by atoms with Crippen molar-refractivity contribution in [1.29, 1.82) is 0 Å². The van der Waals surface area contributed by atoms with Gasteiger partial charge in [-0.05, 0) is 64.0 Å². The second kappa shape index (κ2) is 8.89. The Morgan fingerprint density at radius 1 is 1.28 bits per heavy atom. The van der Waals surface area contributed by atoms with Crippen LogP contribution in [0.4, 0.5) is 0 Å². The summed E-state index contributed by atoms with van der Waals surface area (Å²) in [6, 6.07) is 0.702. The van der Waals surface area contributed by atoms with E-state index in [-0.39, 0.29) is 0 Å². The van der Waals surface area contributed by atoms with Gasteiger partial charge in [0, 0.05) is 12.6 Å². The molecular formula is C15H32N2O. The Balaban J connectivity index is 1.98. The van der Waals surface area contributed by atoms with Gasteiger partial charge in [-0.2, -0.15) is 0 Å². The van der Waals surface area contributed by atoms with E-state index in [1.807, 2.05) is 0 Å². The van der Waals surface area contributed by atoms with Crippen LogP contribution in [0.2, 0.25) is 0 Å². The van der Waals surface area contributed by atoms with Gasteiger partial charge < -0.3 is 15.8 Å². The van der Waals surface area contributed by atoms with E-state index < -0.39 is 0 Å². The van der Waals surface area contributed by atoms with E-state index in [0.717, 1.165) is 31.5 Å². The highest BCUT2D eigenvalue weighted by molar-refractivity contribution is 4.85. The predicted octanol–water partition coefficient (Wildman–Crippen LogP) is 2.54. The van der Waals surface area contributed by atoms with E-state index in [0.29, 0.717) is 12.1 Å². The third-order valence-electron chi connectivity index (χ3n) is 4.16. The molecule has 1 rings (SSSR count). The lowest BCUT2D eigenvalue weighted by Crippen LogP contribution is -2.45. The summed E-state index contributed by atoms with van der Waals surface area (Å²) < 4.78 is 5.56. The van der Waals surface area contributed by atoms with Crippen molar-refractivity contribution >= 4 is 0 Å². The standard InChI is InChI=1S/C15H32N2O/c1-4-18-15-10-14(11-15)17-9-5-6-13(7-8-16)12(2)3/h12-15,17H,4-11,16H2,1-3H3. The maximum Gasteiger partial charge on any atom is 0.0604 e. The van der Waals surface area contributed by atoms with Crippen molar-refractivity contribution in [2.24, 2.45) is 17.6 Å². The van der Waals surface area contributed by atoms with Crippen LogP contribution >= 0.6 is 0 Å². The normalized spacial score (nSPS) is 25.2. The molecule has 1 fully saturated rings. The Labute approximate surface area is 113 Å². The molecule has 0 aromatic carbocycles. The van der Waals surface area contributed by atoms with Gasteiger partial charge in [-0.3, -0.25) is 0 Å². The van der Waals surface area contributed by atoms with Crippen molar-refractivity contribution < 1.29 is 4.74 Å². The second-order valence-corrected chi connectivity index (χ2v) is 5.92. The molecule has 1 unspecified atom stereocenters. The van der Waals surface area contributed by atoms with Crippen molar-refractivity contribution in [2.75, 3.05) is 19.7 Å². The number of rotatable bonds is 10. The van der Waals surface area contributed by atoms with E-state index in [1.54, 1.807) is 0 Å². The van der Waals surface area contributed by atoms with Gasteiger partial charge in [-0.1, -0.05) is 13.8 Å². The molecule has 1 aliphatic carbocycles. The zero-order valence-electron chi connectivity index (χ0n) is 12.5. The molecule has 0 heterocycles. The van der Waals surface area contributed by atoms with Crippen molar-refractivity contribution in [3.63, 3.8) is 0 Å². The van der Waals surface area contributed by atoms with Gasteiger partial charge in [0.15, 0.2) is 0 Å². The molecule has 3 nitrogen and oxygen atoms in total. The Morgan fingerprint density at radius 2 is 2.00 bits per heavy atom. The van der Waals surface area contributed by atoms with Crippen LogP contribution in [0.3, 0.4) is 0 Å². The number of hydrogen-bond donors (Lipinski definition) is 2. The molecule has 0 aromatic rings. The molecule has 1 aliphatic rings. The number of nitrogens with one attached hydrogen (secondary N) is 1. The van der Waals surface area contributed by atoms with Gasteiger partial charge in [0.2, 0.25) is 0 Å². The molecule has 3 N–H and O–H groups in total. The molecule has 0 saturated heterocycles. The smallest absolute Gasteiger partial charge is 0.0604 e. The third kappa shape index (κ3) is 5.68. The van der Waals surface area contributed by atoms with Gasteiger partial charge >= 0.3 is 0 Å². The molecule has 0 spiro atoms. The summed E-state index contributed by atoms with van der Waals surface area (Å²) in [6.45, 7) is 9.53. The predicted molar refractivity (Wildman–Crippen MR) is 77.7 cm³/mol. The Morgan fingerprint density at radius 3 is 2.56 bits per heavy atom. The Hall–Kier alpha value is -0.120. The minimum Gasteiger partial charge on any atom is -0.378 e. The van der Waals surface area contributed by atoms with Crippen LogP contribution in [0.5, 0.6) is 0 Å². The third-order valence-corrected chi connectivity index (χ3v) is 4.16. The van der Waals surface area contributed by atoms with Crippen molar-refractivity contribution in [1.82, 2.24) is 5.32 Å². The highest BCUT2D eigenvalue weighted by Crippen LogP contribution is 2.24. The van der Waals surface area contributed by atoms with E-state index in [1.165, 1.54) is 32.1 Å². The molecule has 0 amide bonds. The minimum absolute atomic E-state index is 0.521. The number of ether oxygens (including phenoxy) is 1. The largest absolute Gasteiger partial charge is 0.378 e. The van der Waals surface area contributed by atoms with Gasteiger partial charge in [0.05, 0.1) is 6.10 Å². The van der Waals surface area contributed by atoms with E-state index in [4.69, 9.17) is 10.5 Å². The molecule has 0 bridgehead atoms. The molecule has 18 heavy (non-hydrogen) atoms. The highest BCUT2D eigenvalue weighted by Gasteiger charge is 2.28. The first kappa shape index (κ1) is 15.9. The molecule has 0 aromatic heterocycles. The van der Waals surface area contributed by atoms with Gasteiger partial charge in [0.1, 0.15) is 0 Å². The lowest BCUT2D eigenvalue weighted by Gasteiger charge is -2.35. The summed E-state index contributed by atoms with van der Waals surface area (Å²) in [4.78, 5) is 0. The second-order valence-electron chi connectivity index (χ2n) is 5.92. The molecular weight excluding hydrogens is 224 g/mol. The summed E-state index contributed by atoms with van der Waals surface area (Å²) >= 11 is 0. The summed E-state index contributed by atoms with van der Waals surface area (Å²) in [7, 11) is 0. The number of hydrogen-bond acceptors (Lipinski definition) is 3. The SMILES string of the molecule is CCOC1CC(NCCCC(CCN)C(C)C)C1. The maximum absolute atomic E-state index is 5.66. The number of nitrogens with two attached hydrogens (primary N) is 1. The lowest BCUT2D eigenvalue weighted by molar-refractivity contribution is -0.00983. The average molecular weight is 256 g/mol. The van der Waals surface area contributed by atoms with Crippen molar-refractivity contribution in [3.05, 3.63) is 0 Å². The van der Waals surface area contributed by atoms with Gasteiger partial charge in [-0.15, -0.1) is 0 Å².